The minimum atomic E-state index is -0.541. The van der Waals surface area contributed by atoms with Gasteiger partial charge in [-0.1, -0.05) is 48.7 Å². The maximum absolute atomic E-state index is 12.4. The third-order valence-electron chi connectivity index (χ3n) is 4.34. The maximum Gasteiger partial charge on any atom is 0.349 e. The SMILES string of the molecule is CCCc1ccc(OCC(=O)Oc2ccc(C(=O)Nc3cc(Cl)ccc3Cl)cc2)cc1. The second-order valence-corrected chi connectivity index (χ2v) is 7.60. The summed E-state index contributed by atoms with van der Waals surface area (Å²) in [6.45, 7) is 1.90. The van der Waals surface area contributed by atoms with Crippen LogP contribution in [-0.4, -0.2) is 18.5 Å². The van der Waals surface area contributed by atoms with Gasteiger partial charge in [-0.25, -0.2) is 4.79 Å². The van der Waals surface area contributed by atoms with Gasteiger partial charge in [0.15, 0.2) is 6.61 Å². The molecule has 0 saturated heterocycles. The van der Waals surface area contributed by atoms with Crippen molar-refractivity contribution in [3.63, 3.8) is 0 Å². The zero-order valence-corrected chi connectivity index (χ0v) is 18.4. The maximum atomic E-state index is 12.4. The predicted molar refractivity (Wildman–Crippen MR) is 122 cm³/mol. The fraction of sp³-hybridized carbons (Fsp3) is 0.167. The molecule has 3 aromatic carbocycles. The molecule has 0 spiro atoms. The molecular weight excluding hydrogens is 437 g/mol. The minimum absolute atomic E-state index is 0.220. The molecule has 0 aliphatic rings. The smallest absolute Gasteiger partial charge is 0.349 e. The molecule has 1 N–H and O–H groups in total. The summed E-state index contributed by atoms with van der Waals surface area (Å²) in [5, 5.41) is 3.53. The summed E-state index contributed by atoms with van der Waals surface area (Å²) in [6, 6.07) is 18.6. The van der Waals surface area contributed by atoms with Crippen LogP contribution in [-0.2, 0) is 11.2 Å². The monoisotopic (exact) mass is 457 g/mol. The normalized spacial score (nSPS) is 10.4. The van der Waals surface area contributed by atoms with Crippen LogP contribution in [0.1, 0.15) is 29.3 Å². The van der Waals surface area contributed by atoms with E-state index in [0.29, 0.717) is 32.8 Å². The van der Waals surface area contributed by atoms with Crippen molar-refractivity contribution in [3.05, 3.63) is 87.9 Å². The molecule has 7 heteroatoms. The molecule has 5 nitrogen and oxygen atoms in total. The number of rotatable bonds is 8. The van der Waals surface area contributed by atoms with Crippen LogP contribution in [0, 0.1) is 0 Å². The highest BCUT2D eigenvalue weighted by molar-refractivity contribution is 6.35. The van der Waals surface area contributed by atoms with Crippen LogP contribution in [0.15, 0.2) is 66.7 Å². The number of halogens is 2. The highest BCUT2D eigenvalue weighted by Crippen LogP contribution is 2.26. The Hall–Kier alpha value is -3.02. The lowest BCUT2D eigenvalue weighted by atomic mass is 10.1. The Labute approximate surface area is 190 Å². The lowest BCUT2D eigenvalue weighted by molar-refractivity contribution is -0.136. The number of hydrogen-bond acceptors (Lipinski definition) is 4. The van der Waals surface area contributed by atoms with Crippen LogP contribution in [0.25, 0.3) is 0 Å². The van der Waals surface area contributed by atoms with E-state index in [2.05, 4.69) is 12.2 Å². The van der Waals surface area contributed by atoms with Gasteiger partial charge in [-0.05, 0) is 66.6 Å². The van der Waals surface area contributed by atoms with Crippen LogP contribution >= 0.6 is 23.2 Å². The second-order valence-electron chi connectivity index (χ2n) is 6.76. The van der Waals surface area contributed by atoms with E-state index in [1.807, 2.05) is 24.3 Å². The van der Waals surface area contributed by atoms with Gasteiger partial charge in [-0.2, -0.15) is 0 Å². The van der Waals surface area contributed by atoms with E-state index in [1.54, 1.807) is 30.3 Å². The van der Waals surface area contributed by atoms with Gasteiger partial charge in [0.1, 0.15) is 11.5 Å². The Morgan fingerprint density at radius 3 is 2.26 bits per heavy atom. The molecule has 0 aliphatic carbocycles. The fourth-order valence-electron chi connectivity index (χ4n) is 2.81. The second kappa shape index (κ2) is 10.8. The Balaban J connectivity index is 1.51. The van der Waals surface area contributed by atoms with E-state index in [1.165, 1.54) is 17.7 Å². The Morgan fingerprint density at radius 1 is 0.903 bits per heavy atom. The van der Waals surface area contributed by atoms with E-state index in [4.69, 9.17) is 32.7 Å². The summed E-state index contributed by atoms with van der Waals surface area (Å²) in [6.07, 6.45) is 2.07. The molecule has 1 amide bonds. The summed E-state index contributed by atoms with van der Waals surface area (Å²) in [5.74, 6) is 0.00479. The Kier molecular flexibility index (Phi) is 7.93. The first kappa shape index (κ1) is 22.7. The van der Waals surface area contributed by atoms with Crippen LogP contribution in [0.3, 0.4) is 0 Å². The Bertz CT molecular complexity index is 1050. The number of nitrogens with one attached hydrogen (secondary N) is 1. The molecule has 0 heterocycles. The average Bonchev–Trinajstić information content (AvgIpc) is 2.76. The molecule has 0 atom stereocenters. The molecule has 160 valence electrons. The van der Waals surface area contributed by atoms with Crippen LogP contribution in [0.2, 0.25) is 10.0 Å². The largest absolute Gasteiger partial charge is 0.482 e. The minimum Gasteiger partial charge on any atom is -0.482 e. The number of aryl methyl sites for hydroxylation is 1. The lowest BCUT2D eigenvalue weighted by Crippen LogP contribution is -2.18. The summed E-state index contributed by atoms with van der Waals surface area (Å²) in [7, 11) is 0. The summed E-state index contributed by atoms with van der Waals surface area (Å²) < 4.78 is 10.7. The standard InChI is InChI=1S/C24H21Cl2NO4/c1-2-3-16-4-9-19(10-5-16)30-15-23(28)31-20-11-6-17(7-12-20)24(29)27-22-14-18(25)8-13-21(22)26/h4-14H,2-3,15H2,1H3,(H,27,29). The van der Waals surface area contributed by atoms with Gasteiger partial charge in [-0.15, -0.1) is 0 Å². The topological polar surface area (TPSA) is 64.6 Å². The highest BCUT2D eigenvalue weighted by Gasteiger charge is 2.11. The van der Waals surface area contributed by atoms with Gasteiger partial charge in [0.2, 0.25) is 0 Å². The van der Waals surface area contributed by atoms with Crippen molar-refractivity contribution < 1.29 is 19.1 Å². The van der Waals surface area contributed by atoms with Crippen molar-refractivity contribution >= 4 is 40.8 Å². The van der Waals surface area contributed by atoms with Gasteiger partial charge in [0.05, 0.1) is 10.7 Å². The molecule has 3 aromatic rings. The van der Waals surface area contributed by atoms with Crippen molar-refractivity contribution in [2.24, 2.45) is 0 Å². The van der Waals surface area contributed by atoms with Gasteiger partial charge >= 0.3 is 5.97 Å². The first-order chi connectivity index (χ1) is 14.9. The quantitative estimate of drug-likeness (QED) is 0.323. The van der Waals surface area contributed by atoms with Crippen LogP contribution < -0.4 is 14.8 Å². The average molecular weight is 458 g/mol. The van der Waals surface area contributed by atoms with Crippen molar-refractivity contribution in [3.8, 4) is 11.5 Å². The highest BCUT2D eigenvalue weighted by atomic mass is 35.5. The van der Waals surface area contributed by atoms with E-state index < -0.39 is 5.97 Å². The summed E-state index contributed by atoms with van der Waals surface area (Å²) >= 11 is 12.0. The summed E-state index contributed by atoms with van der Waals surface area (Å²) in [4.78, 5) is 24.4. The Morgan fingerprint density at radius 2 is 1.58 bits per heavy atom. The van der Waals surface area contributed by atoms with Gasteiger partial charge < -0.3 is 14.8 Å². The third-order valence-corrected chi connectivity index (χ3v) is 4.91. The number of anilines is 1. The number of carbonyl (C=O) groups is 2. The first-order valence-corrected chi connectivity index (χ1v) is 10.5. The molecule has 0 unspecified atom stereocenters. The van der Waals surface area contributed by atoms with Crippen LogP contribution in [0.5, 0.6) is 11.5 Å². The molecule has 0 aromatic heterocycles. The number of amides is 1. The van der Waals surface area contributed by atoms with E-state index in [0.717, 1.165) is 12.8 Å². The van der Waals surface area contributed by atoms with Crippen LogP contribution in [0.4, 0.5) is 5.69 Å². The number of esters is 1. The van der Waals surface area contributed by atoms with E-state index >= 15 is 0 Å². The predicted octanol–water partition coefficient (Wildman–Crippen LogP) is 6.18. The van der Waals surface area contributed by atoms with Crippen molar-refractivity contribution in [1.29, 1.82) is 0 Å². The number of benzene rings is 3. The molecule has 3 rings (SSSR count). The number of ether oxygens (including phenoxy) is 2. The fourth-order valence-corrected chi connectivity index (χ4v) is 3.14. The molecule has 0 saturated carbocycles. The molecular formula is C24H21Cl2NO4. The number of carbonyl (C=O) groups excluding carboxylic acids is 2. The van der Waals surface area contributed by atoms with Crippen molar-refractivity contribution in [2.75, 3.05) is 11.9 Å². The molecule has 0 fully saturated rings. The molecule has 0 aliphatic heterocycles. The first-order valence-electron chi connectivity index (χ1n) is 9.73. The van der Waals surface area contributed by atoms with Gasteiger partial charge in [0.25, 0.3) is 5.91 Å². The molecule has 0 radical (unpaired) electrons. The van der Waals surface area contributed by atoms with Crippen molar-refractivity contribution in [2.45, 2.75) is 19.8 Å². The lowest BCUT2D eigenvalue weighted by Gasteiger charge is -2.09. The molecule has 0 bridgehead atoms. The van der Waals surface area contributed by atoms with E-state index in [-0.39, 0.29) is 12.5 Å². The van der Waals surface area contributed by atoms with Gasteiger partial charge in [0, 0.05) is 10.6 Å². The van der Waals surface area contributed by atoms with E-state index in [9.17, 15) is 9.59 Å². The third kappa shape index (κ3) is 6.74. The zero-order chi connectivity index (χ0) is 22.2. The summed E-state index contributed by atoms with van der Waals surface area (Å²) in [5.41, 5.74) is 2.01. The van der Waals surface area contributed by atoms with Crippen molar-refractivity contribution in [1.82, 2.24) is 0 Å². The van der Waals surface area contributed by atoms with Gasteiger partial charge in [-0.3, -0.25) is 4.79 Å². The zero-order valence-electron chi connectivity index (χ0n) is 16.9. The number of hydrogen-bond donors (Lipinski definition) is 1. The molecule has 31 heavy (non-hydrogen) atoms.